The third kappa shape index (κ3) is 5.87. The topological polar surface area (TPSA) is 21.8 Å². The summed E-state index contributed by atoms with van der Waals surface area (Å²) < 4.78 is 11.3. The average molecular weight is 240 g/mol. The fourth-order valence-electron chi connectivity index (χ4n) is 2.78. The van der Waals surface area contributed by atoms with E-state index < -0.39 is 0 Å². The minimum absolute atomic E-state index is 0.530. The molecule has 0 radical (unpaired) electrons. The highest BCUT2D eigenvalue weighted by molar-refractivity contribution is 4.84. The van der Waals surface area contributed by atoms with Gasteiger partial charge >= 0.3 is 0 Å². The molecule has 0 amide bonds. The van der Waals surface area contributed by atoms with Gasteiger partial charge in [-0.3, -0.25) is 0 Å². The highest BCUT2D eigenvalue weighted by Gasteiger charge is 2.37. The lowest BCUT2D eigenvalue weighted by Crippen LogP contribution is -2.03. The Labute approximate surface area is 106 Å². The molecule has 17 heavy (non-hydrogen) atoms. The van der Waals surface area contributed by atoms with Crippen LogP contribution in [0.4, 0.5) is 0 Å². The van der Waals surface area contributed by atoms with Crippen molar-refractivity contribution in [2.24, 2.45) is 0 Å². The van der Waals surface area contributed by atoms with Crippen molar-refractivity contribution in [2.45, 2.75) is 82.8 Å². The van der Waals surface area contributed by atoms with Gasteiger partial charge < -0.3 is 9.47 Å². The Bertz CT molecular complexity index is 173. The molecule has 2 fully saturated rings. The van der Waals surface area contributed by atoms with Crippen molar-refractivity contribution in [3.05, 3.63) is 0 Å². The molecule has 2 saturated heterocycles. The van der Waals surface area contributed by atoms with Crippen LogP contribution in [0, 0.1) is 0 Å². The molecular formula is C15H28O2. The van der Waals surface area contributed by atoms with Gasteiger partial charge in [-0.1, -0.05) is 51.4 Å². The van der Waals surface area contributed by atoms with Crippen LogP contribution in [0.2, 0.25) is 0 Å². The standard InChI is InChI=1S/C15H28O2/c1-2-4-6-8-10-14-15(17-14)11-13-16-12-9-7-5-3-1/h14-15H,1-13H2. The molecule has 2 atom stereocenters. The van der Waals surface area contributed by atoms with E-state index in [0.717, 1.165) is 19.6 Å². The lowest BCUT2D eigenvalue weighted by molar-refractivity contribution is 0.121. The predicted molar refractivity (Wildman–Crippen MR) is 70.3 cm³/mol. The second-order valence-electron chi connectivity index (χ2n) is 5.58. The molecule has 0 bridgehead atoms. The van der Waals surface area contributed by atoms with E-state index in [-0.39, 0.29) is 0 Å². The Morgan fingerprint density at radius 2 is 1.12 bits per heavy atom. The van der Waals surface area contributed by atoms with Crippen molar-refractivity contribution >= 4 is 0 Å². The molecule has 2 aliphatic heterocycles. The van der Waals surface area contributed by atoms with Gasteiger partial charge in [0, 0.05) is 13.2 Å². The summed E-state index contributed by atoms with van der Waals surface area (Å²) in [7, 11) is 0. The summed E-state index contributed by atoms with van der Waals surface area (Å²) in [6, 6.07) is 0. The molecule has 0 aromatic carbocycles. The maximum absolute atomic E-state index is 5.66. The zero-order chi connectivity index (χ0) is 11.8. The van der Waals surface area contributed by atoms with Crippen LogP contribution in [-0.2, 0) is 9.47 Å². The Morgan fingerprint density at radius 1 is 0.529 bits per heavy atom. The van der Waals surface area contributed by atoms with Crippen LogP contribution >= 0.6 is 0 Å². The van der Waals surface area contributed by atoms with Crippen molar-refractivity contribution in [3.63, 3.8) is 0 Å². The molecule has 0 aromatic rings. The van der Waals surface area contributed by atoms with E-state index in [0.29, 0.717) is 12.2 Å². The third-order valence-electron chi connectivity index (χ3n) is 4.01. The van der Waals surface area contributed by atoms with E-state index >= 15 is 0 Å². The normalized spacial score (nSPS) is 33.9. The summed E-state index contributed by atoms with van der Waals surface area (Å²) in [6.45, 7) is 1.86. The number of fused-ring (bicyclic) bond motifs is 1. The molecule has 2 rings (SSSR count). The molecule has 100 valence electrons. The first kappa shape index (κ1) is 13.4. The maximum Gasteiger partial charge on any atom is 0.0863 e. The molecule has 2 aliphatic rings. The van der Waals surface area contributed by atoms with E-state index in [1.54, 1.807) is 0 Å². The molecule has 0 spiro atoms. The Kier molecular flexibility index (Phi) is 6.36. The number of epoxide rings is 1. The average Bonchev–Trinajstić information content (AvgIpc) is 3.07. The SMILES string of the molecule is C1CCCCCOCCC2OC2CCCCC1. The molecule has 2 unspecified atom stereocenters. The van der Waals surface area contributed by atoms with Gasteiger partial charge in [-0.15, -0.1) is 0 Å². The fourth-order valence-corrected chi connectivity index (χ4v) is 2.78. The zero-order valence-electron chi connectivity index (χ0n) is 11.2. The van der Waals surface area contributed by atoms with Crippen LogP contribution in [-0.4, -0.2) is 25.4 Å². The second-order valence-corrected chi connectivity index (χ2v) is 5.58. The highest BCUT2D eigenvalue weighted by Crippen LogP contribution is 2.30. The van der Waals surface area contributed by atoms with E-state index in [1.807, 2.05) is 0 Å². The first-order chi connectivity index (χ1) is 8.47. The minimum Gasteiger partial charge on any atom is -0.381 e. The summed E-state index contributed by atoms with van der Waals surface area (Å²) in [5.74, 6) is 0. The number of hydrogen-bond acceptors (Lipinski definition) is 2. The van der Waals surface area contributed by atoms with Gasteiger partial charge in [0.2, 0.25) is 0 Å². The van der Waals surface area contributed by atoms with E-state index in [4.69, 9.17) is 9.47 Å². The van der Waals surface area contributed by atoms with Crippen molar-refractivity contribution in [2.75, 3.05) is 13.2 Å². The lowest BCUT2D eigenvalue weighted by atomic mass is 10.0. The van der Waals surface area contributed by atoms with Crippen LogP contribution in [0.1, 0.15) is 70.6 Å². The molecule has 2 heteroatoms. The van der Waals surface area contributed by atoms with E-state index in [1.165, 1.54) is 64.2 Å². The van der Waals surface area contributed by atoms with Crippen molar-refractivity contribution < 1.29 is 9.47 Å². The van der Waals surface area contributed by atoms with Crippen LogP contribution in [0.15, 0.2) is 0 Å². The lowest BCUT2D eigenvalue weighted by Gasteiger charge is -2.05. The van der Waals surface area contributed by atoms with E-state index in [2.05, 4.69) is 0 Å². The largest absolute Gasteiger partial charge is 0.381 e. The van der Waals surface area contributed by atoms with Gasteiger partial charge in [-0.05, 0) is 19.3 Å². The fraction of sp³-hybridized carbons (Fsp3) is 1.00. The van der Waals surface area contributed by atoms with Crippen LogP contribution < -0.4 is 0 Å². The quantitative estimate of drug-likeness (QED) is 0.595. The van der Waals surface area contributed by atoms with E-state index in [9.17, 15) is 0 Å². The van der Waals surface area contributed by atoms with Gasteiger partial charge in [0.15, 0.2) is 0 Å². The first-order valence-corrected chi connectivity index (χ1v) is 7.70. The van der Waals surface area contributed by atoms with Crippen molar-refractivity contribution in [3.8, 4) is 0 Å². The summed E-state index contributed by atoms with van der Waals surface area (Å²) in [4.78, 5) is 0. The third-order valence-corrected chi connectivity index (χ3v) is 4.01. The molecule has 0 aromatic heterocycles. The van der Waals surface area contributed by atoms with Gasteiger partial charge in [0.25, 0.3) is 0 Å². The monoisotopic (exact) mass is 240 g/mol. The van der Waals surface area contributed by atoms with Crippen molar-refractivity contribution in [1.29, 1.82) is 0 Å². The van der Waals surface area contributed by atoms with Crippen LogP contribution in [0.25, 0.3) is 0 Å². The Balaban J connectivity index is 1.58. The number of hydrogen-bond donors (Lipinski definition) is 0. The van der Waals surface area contributed by atoms with Crippen LogP contribution in [0.3, 0.4) is 0 Å². The smallest absolute Gasteiger partial charge is 0.0863 e. The van der Waals surface area contributed by atoms with Crippen LogP contribution in [0.5, 0.6) is 0 Å². The molecular weight excluding hydrogens is 212 g/mol. The Hall–Kier alpha value is -0.0800. The molecule has 2 nitrogen and oxygen atoms in total. The van der Waals surface area contributed by atoms with Gasteiger partial charge in [-0.25, -0.2) is 0 Å². The second kappa shape index (κ2) is 8.10. The molecule has 2 heterocycles. The summed E-state index contributed by atoms with van der Waals surface area (Å²) >= 11 is 0. The highest BCUT2D eigenvalue weighted by atomic mass is 16.6. The number of rotatable bonds is 0. The van der Waals surface area contributed by atoms with Gasteiger partial charge in [0.05, 0.1) is 12.2 Å². The predicted octanol–water partition coefficient (Wildman–Crippen LogP) is 4.08. The summed E-state index contributed by atoms with van der Waals surface area (Å²) in [6.07, 6.45) is 16.0. The molecule has 0 saturated carbocycles. The first-order valence-electron chi connectivity index (χ1n) is 7.70. The summed E-state index contributed by atoms with van der Waals surface area (Å²) in [5.41, 5.74) is 0. The summed E-state index contributed by atoms with van der Waals surface area (Å²) in [5, 5.41) is 0. The molecule has 0 aliphatic carbocycles. The maximum atomic E-state index is 5.66. The van der Waals surface area contributed by atoms with Crippen molar-refractivity contribution in [1.82, 2.24) is 0 Å². The zero-order valence-corrected chi connectivity index (χ0v) is 11.2. The van der Waals surface area contributed by atoms with Gasteiger partial charge in [0.1, 0.15) is 0 Å². The Morgan fingerprint density at radius 3 is 1.88 bits per heavy atom. The van der Waals surface area contributed by atoms with Gasteiger partial charge in [-0.2, -0.15) is 0 Å². The molecule has 0 N–H and O–H groups in total. The minimum atomic E-state index is 0.530. The number of ether oxygens (including phenoxy) is 2.